The molecule has 0 aliphatic carbocycles. The Morgan fingerprint density at radius 3 is 2.05 bits per heavy atom. The topological polar surface area (TPSA) is 64.2 Å². The number of phenolic OH excluding ortho intramolecular Hbond substituents is 2. The van der Waals surface area contributed by atoms with Crippen LogP contribution in [0.2, 0.25) is 0 Å². The molecule has 2 N–H and O–H groups in total. The Morgan fingerprint density at radius 2 is 1.35 bits per heavy atom. The smallest absolute Gasteiger partial charge is 0.127 e. The second-order valence-electron chi connectivity index (χ2n) is 4.49. The predicted octanol–water partition coefficient (Wildman–Crippen LogP) is 3.79. The molecule has 0 saturated heterocycles. The number of fused-ring (bicyclic) bond motifs is 1. The van der Waals surface area contributed by atoms with Gasteiger partial charge < -0.3 is 10.2 Å². The fourth-order valence-electron chi connectivity index (χ4n) is 2.43. The fourth-order valence-corrected chi connectivity index (χ4v) is 2.43. The number of rotatable bonds is 1. The highest BCUT2D eigenvalue weighted by Crippen LogP contribution is 2.40. The molecule has 0 atom stereocenters. The third-order valence-corrected chi connectivity index (χ3v) is 3.33. The van der Waals surface area contributed by atoms with Crippen LogP contribution in [0.25, 0.3) is 21.9 Å². The van der Waals surface area contributed by atoms with Gasteiger partial charge in [0.25, 0.3) is 0 Å². The number of hydrogen-bond donors (Lipinski definition) is 2. The van der Waals surface area contributed by atoms with Gasteiger partial charge in [-0.25, -0.2) is 0 Å². The number of hydrogen-bond acceptors (Lipinski definition) is 3. The Bertz CT molecular complexity index is 827. The zero-order chi connectivity index (χ0) is 14.1. The van der Waals surface area contributed by atoms with E-state index >= 15 is 0 Å². The Morgan fingerprint density at radius 1 is 0.750 bits per heavy atom. The number of nitriles is 1. The van der Waals surface area contributed by atoms with Crippen molar-refractivity contribution < 1.29 is 10.2 Å². The van der Waals surface area contributed by atoms with Crippen LogP contribution >= 0.6 is 0 Å². The van der Waals surface area contributed by atoms with Crippen molar-refractivity contribution in [2.75, 3.05) is 0 Å². The van der Waals surface area contributed by atoms with E-state index in [2.05, 4.69) is 6.07 Å². The summed E-state index contributed by atoms with van der Waals surface area (Å²) in [6, 6.07) is 17.7. The molecular formula is C17H11NO2. The van der Waals surface area contributed by atoms with Gasteiger partial charge in [-0.3, -0.25) is 0 Å². The van der Waals surface area contributed by atoms with Crippen LogP contribution in [-0.2, 0) is 0 Å². The van der Waals surface area contributed by atoms with E-state index in [0.29, 0.717) is 16.7 Å². The van der Waals surface area contributed by atoms with Gasteiger partial charge in [0, 0.05) is 5.39 Å². The molecule has 20 heavy (non-hydrogen) atoms. The Labute approximate surface area is 116 Å². The van der Waals surface area contributed by atoms with Crippen LogP contribution in [-0.4, -0.2) is 10.2 Å². The van der Waals surface area contributed by atoms with E-state index in [1.807, 2.05) is 24.3 Å². The second-order valence-corrected chi connectivity index (χ2v) is 4.49. The lowest BCUT2D eigenvalue weighted by atomic mass is 9.95. The lowest BCUT2D eigenvalue weighted by molar-refractivity contribution is 0.454. The molecule has 0 spiro atoms. The molecule has 0 amide bonds. The number of phenols is 2. The standard InChI is InChI=1S/C17H11NO2/c18-10-11-4-1-6-13-12(11)5-2-7-14(13)17-15(19)8-3-9-16(17)20/h1-9,19-20H. The van der Waals surface area contributed by atoms with Gasteiger partial charge in [-0.15, -0.1) is 0 Å². The average Bonchev–Trinajstić information content (AvgIpc) is 2.46. The molecule has 0 aliphatic heterocycles. The first-order valence-corrected chi connectivity index (χ1v) is 6.15. The lowest BCUT2D eigenvalue weighted by Crippen LogP contribution is -1.85. The van der Waals surface area contributed by atoms with Crippen molar-refractivity contribution in [3.05, 3.63) is 60.2 Å². The van der Waals surface area contributed by atoms with Crippen LogP contribution in [0.4, 0.5) is 0 Å². The van der Waals surface area contributed by atoms with Gasteiger partial charge in [0.15, 0.2) is 0 Å². The minimum Gasteiger partial charge on any atom is -0.507 e. The summed E-state index contributed by atoms with van der Waals surface area (Å²) >= 11 is 0. The number of nitrogens with zero attached hydrogens (tertiary/aromatic N) is 1. The SMILES string of the molecule is N#Cc1cccc2c(-c3c(O)cccc3O)cccc12. The maximum Gasteiger partial charge on any atom is 0.127 e. The molecule has 96 valence electrons. The van der Waals surface area contributed by atoms with Crippen LogP contribution in [0.1, 0.15) is 5.56 Å². The molecule has 0 unspecified atom stereocenters. The molecule has 3 aromatic rings. The molecule has 3 rings (SSSR count). The molecule has 0 saturated carbocycles. The van der Waals surface area contributed by atoms with Gasteiger partial charge in [0.05, 0.1) is 17.2 Å². The number of aromatic hydroxyl groups is 2. The summed E-state index contributed by atoms with van der Waals surface area (Å²) in [6.07, 6.45) is 0. The van der Waals surface area contributed by atoms with E-state index in [9.17, 15) is 10.2 Å². The highest BCUT2D eigenvalue weighted by molar-refractivity contribution is 6.01. The van der Waals surface area contributed by atoms with Crippen molar-refractivity contribution in [2.45, 2.75) is 0 Å². The third kappa shape index (κ3) is 1.75. The molecule has 3 aromatic carbocycles. The first-order valence-electron chi connectivity index (χ1n) is 6.15. The molecule has 0 heterocycles. The van der Waals surface area contributed by atoms with Crippen LogP contribution in [0, 0.1) is 11.3 Å². The van der Waals surface area contributed by atoms with Crippen molar-refractivity contribution in [1.29, 1.82) is 5.26 Å². The van der Waals surface area contributed by atoms with Crippen LogP contribution in [0.3, 0.4) is 0 Å². The van der Waals surface area contributed by atoms with Crippen LogP contribution in [0.15, 0.2) is 54.6 Å². The number of benzene rings is 3. The molecular weight excluding hydrogens is 250 g/mol. The van der Waals surface area contributed by atoms with Crippen LogP contribution in [0.5, 0.6) is 11.5 Å². The minimum atomic E-state index is 0.0138. The van der Waals surface area contributed by atoms with E-state index in [1.165, 1.54) is 12.1 Å². The van der Waals surface area contributed by atoms with Gasteiger partial charge in [0.1, 0.15) is 11.5 Å². The van der Waals surface area contributed by atoms with Crippen LogP contribution < -0.4 is 0 Å². The monoisotopic (exact) mass is 261 g/mol. The summed E-state index contributed by atoms with van der Waals surface area (Å²) in [7, 11) is 0. The maximum absolute atomic E-state index is 10.0. The van der Waals surface area contributed by atoms with E-state index in [4.69, 9.17) is 5.26 Å². The first-order chi connectivity index (χ1) is 9.72. The van der Waals surface area contributed by atoms with E-state index in [0.717, 1.165) is 10.8 Å². The molecule has 0 fully saturated rings. The zero-order valence-corrected chi connectivity index (χ0v) is 10.5. The quantitative estimate of drug-likeness (QED) is 0.700. The summed E-state index contributed by atoms with van der Waals surface area (Å²) < 4.78 is 0. The Kier molecular flexibility index (Phi) is 2.77. The Hall–Kier alpha value is -2.99. The van der Waals surface area contributed by atoms with Gasteiger partial charge >= 0.3 is 0 Å². The molecule has 3 nitrogen and oxygen atoms in total. The van der Waals surface area contributed by atoms with Crippen molar-refractivity contribution in [3.63, 3.8) is 0 Å². The van der Waals surface area contributed by atoms with Crippen molar-refractivity contribution in [2.24, 2.45) is 0 Å². The highest BCUT2D eigenvalue weighted by atomic mass is 16.3. The van der Waals surface area contributed by atoms with E-state index < -0.39 is 0 Å². The maximum atomic E-state index is 10.0. The fraction of sp³-hybridized carbons (Fsp3) is 0. The average molecular weight is 261 g/mol. The second kappa shape index (κ2) is 4.60. The summed E-state index contributed by atoms with van der Waals surface area (Å²) in [5.74, 6) is 0.0275. The normalized spacial score (nSPS) is 10.3. The van der Waals surface area contributed by atoms with Crippen molar-refractivity contribution >= 4 is 10.8 Å². The lowest BCUT2D eigenvalue weighted by Gasteiger charge is -2.11. The molecule has 3 heteroatoms. The molecule has 0 aliphatic rings. The van der Waals surface area contributed by atoms with Gasteiger partial charge in [-0.05, 0) is 29.1 Å². The minimum absolute atomic E-state index is 0.0138. The summed E-state index contributed by atoms with van der Waals surface area (Å²) in [5.41, 5.74) is 1.66. The summed E-state index contributed by atoms with van der Waals surface area (Å²) in [5, 5.41) is 30.8. The van der Waals surface area contributed by atoms with Crippen molar-refractivity contribution in [1.82, 2.24) is 0 Å². The van der Waals surface area contributed by atoms with E-state index in [-0.39, 0.29) is 11.5 Å². The molecule has 0 aromatic heterocycles. The molecule has 0 bridgehead atoms. The third-order valence-electron chi connectivity index (χ3n) is 3.33. The summed E-state index contributed by atoms with van der Waals surface area (Å²) in [4.78, 5) is 0. The van der Waals surface area contributed by atoms with E-state index in [1.54, 1.807) is 18.2 Å². The van der Waals surface area contributed by atoms with Gasteiger partial charge in [-0.1, -0.05) is 36.4 Å². The summed E-state index contributed by atoms with van der Waals surface area (Å²) in [6.45, 7) is 0. The van der Waals surface area contributed by atoms with Gasteiger partial charge in [-0.2, -0.15) is 5.26 Å². The highest BCUT2D eigenvalue weighted by Gasteiger charge is 2.13. The predicted molar refractivity (Wildman–Crippen MR) is 77.4 cm³/mol. The van der Waals surface area contributed by atoms with Crippen molar-refractivity contribution in [3.8, 4) is 28.7 Å². The largest absolute Gasteiger partial charge is 0.507 e. The van der Waals surface area contributed by atoms with Gasteiger partial charge in [0.2, 0.25) is 0 Å². The zero-order valence-electron chi connectivity index (χ0n) is 10.5. The molecule has 0 radical (unpaired) electrons. The Balaban J connectivity index is 2.42. The first kappa shape index (κ1) is 12.1.